The highest BCUT2D eigenvalue weighted by Gasteiger charge is 2.32. The normalized spacial score (nSPS) is 18.2. The van der Waals surface area contributed by atoms with Crippen LogP contribution in [0.3, 0.4) is 0 Å². The largest absolute Gasteiger partial charge is 0.481 e. The summed E-state index contributed by atoms with van der Waals surface area (Å²) in [5, 5.41) is 18.7. The Morgan fingerprint density at radius 2 is 1.96 bits per heavy atom. The molecule has 2 aromatic rings. The van der Waals surface area contributed by atoms with Gasteiger partial charge in [0.15, 0.2) is 5.17 Å². The van der Waals surface area contributed by atoms with E-state index < -0.39 is 11.2 Å². The molecule has 2 N–H and O–H groups in total. The van der Waals surface area contributed by atoms with E-state index in [4.69, 9.17) is 9.84 Å². The van der Waals surface area contributed by atoms with Gasteiger partial charge in [0.25, 0.3) is 0 Å². The molecule has 1 saturated heterocycles. The fourth-order valence-corrected chi connectivity index (χ4v) is 3.09. The van der Waals surface area contributed by atoms with Crippen LogP contribution in [0.25, 0.3) is 0 Å². The maximum absolute atomic E-state index is 11.6. The van der Waals surface area contributed by atoms with E-state index in [1.807, 2.05) is 54.6 Å². The number of aliphatic carboxylic acids is 1. The number of thioether (sulfide) groups is 1. The van der Waals surface area contributed by atoms with Gasteiger partial charge in [-0.2, -0.15) is 5.10 Å². The van der Waals surface area contributed by atoms with Crippen LogP contribution in [0, 0.1) is 0 Å². The lowest BCUT2D eigenvalue weighted by Gasteiger charge is -2.05. The minimum absolute atomic E-state index is 0.252. The Morgan fingerprint density at radius 3 is 2.73 bits per heavy atom. The van der Waals surface area contributed by atoms with Crippen LogP contribution in [-0.2, 0) is 9.59 Å². The highest BCUT2D eigenvalue weighted by molar-refractivity contribution is 8.15. The molecule has 8 heteroatoms. The molecule has 2 aromatic carbocycles. The summed E-state index contributed by atoms with van der Waals surface area (Å²) in [6.45, 7) is 0. The van der Waals surface area contributed by atoms with Gasteiger partial charge >= 0.3 is 5.97 Å². The van der Waals surface area contributed by atoms with Crippen LogP contribution in [-0.4, -0.2) is 33.6 Å². The molecule has 132 valence electrons. The Labute approximate surface area is 153 Å². The maximum atomic E-state index is 11.6. The van der Waals surface area contributed by atoms with Crippen molar-refractivity contribution in [1.82, 2.24) is 5.32 Å². The van der Waals surface area contributed by atoms with Crippen molar-refractivity contribution in [3.63, 3.8) is 0 Å². The molecule has 0 unspecified atom stereocenters. The quantitative estimate of drug-likeness (QED) is 0.602. The lowest BCUT2D eigenvalue weighted by Crippen LogP contribution is -2.26. The minimum Gasteiger partial charge on any atom is -0.481 e. The molecule has 1 aliphatic rings. The van der Waals surface area contributed by atoms with Crippen LogP contribution in [0.2, 0.25) is 0 Å². The van der Waals surface area contributed by atoms with Crippen LogP contribution < -0.4 is 10.1 Å². The van der Waals surface area contributed by atoms with E-state index in [1.54, 1.807) is 0 Å². The number of hydrogen-bond acceptors (Lipinski definition) is 6. The van der Waals surface area contributed by atoms with E-state index in [9.17, 15) is 9.59 Å². The van der Waals surface area contributed by atoms with Crippen LogP contribution in [0.5, 0.6) is 11.5 Å². The molecule has 0 aromatic heterocycles. The third-order valence-corrected chi connectivity index (χ3v) is 4.40. The smallest absolute Gasteiger partial charge is 0.305 e. The van der Waals surface area contributed by atoms with Crippen LogP contribution in [0.4, 0.5) is 0 Å². The SMILES string of the molecule is O=C(O)C[C@@H]1S/C(=N\N=C/c2cccc(Oc3ccccc3)c2)NC1=O. The predicted molar refractivity (Wildman–Crippen MR) is 99.8 cm³/mol. The molecule has 0 aliphatic carbocycles. The van der Waals surface area contributed by atoms with Crippen molar-refractivity contribution in [3.05, 3.63) is 60.2 Å². The number of nitrogens with zero attached hydrogens (tertiary/aromatic N) is 2. The number of ether oxygens (including phenoxy) is 1. The van der Waals surface area contributed by atoms with Gasteiger partial charge in [0.2, 0.25) is 5.91 Å². The molecule has 1 amide bonds. The number of carbonyl (C=O) groups is 2. The summed E-state index contributed by atoms with van der Waals surface area (Å²) < 4.78 is 5.75. The zero-order valence-electron chi connectivity index (χ0n) is 13.5. The number of carboxylic acid groups (broad SMARTS) is 1. The Balaban J connectivity index is 1.63. The van der Waals surface area contributed by atoms with Gasteiger partial charge in [-0.1, -0.05) is 42.1 Å². The number of carboxylic acids is 1. The molecule has 1 atom stereocenters. The van der Waals surface area contributed by atoms with Gasteiger partial charge in [0, 0.05) is 0 Å². The zero-order valence-corrected chi connectivity index (χ0v) is 14.3. The van der Waals surface area contributed by atoms with Gasteiger partial charge < -0.3 is 15.2 Å². The minimum atomic E-state index is -1.03. The van der Waals surface area contributed by atoms with Gasteiger partial charge in [0.1, 0.15) is 16.7 Å². The predicted octanol–water partition coefficient (Wildman–Crippen LogP) is 2.88. The molecule has 3 rings (SSSR count). The Morgan fingerprint density at radius 1 is 1.19 bits per heavy atom. The lowest BCUT2D eigenvalue weighted by molar-refractivity contribution is -0.138. The third-order valence-electron chi connectivity index (χ3n) is 3.33. The highest BCUT2D eigenvalue weighted by Crippen LogP contribution is 2.23. The number of hydrogen-bond donors (Lipinski definition) is 2. The van der Waals surface area contributed by atoms with Gasteiger partial charge in [-0.05, 0) is 29.8 Å². The Hall–Kier alpha value is -3.13. The first-order valence-electron chi connectivity index (χ1n) is 7.73. The summed E-state index contributed by atoms with van der Waals surface area (Å²) in [4.78, 5) is 22.3. The summed E-state index contributed by atoms with van der Waals surface area (Å²) in [6.07, 6.45) is 1.28. The number of amidine groups is 1. The van der Waals surface area contributed by atoms with Gasteiger partial charge in [-0.3, -0.25) is 9.59 Å². The summed E-state index contributed by atoms with van der Waals surface area (Å²) in [5.74, 6) is -0.00326. The molecule has 0 saturated carbocycles. The topological polar surface area (TPSA) is 100 Å². The van der Waals surface area contributed by atoms with E-state index in [2.05, 4.69) is 15.5 Å². The number of amides is 1. The van der Waals surface area contributed by atoms with Crippen LogP contribution in [0.15, 0.2) is 64.8 Å². The van der Waals surface area contributed by atoms with E-state index in [1.165, 1.54) is 6.21 Å². The Kier molecular flexibility index (Phi) is 5.65. The van der Waals surface area contributed by atoms with Crippen LogP contribution in [0.1, 0.15) is 12.0 Å². The Bertz CT molecular complexity index is 868. The second kappa shape index (κ2) is 8.30. The molecule has 1 fully saturated rings. The third kappa shape index (κ3) is 4.93. The number of para-hydroxylation sites is 1. The number of carbonyl (C=O) groups excluding carboxylic acids is 1. The number of rotatable bonds is 6. The molecule has 26 heavy (non-hydrogen) atoms. The van der Waals surface area contributed by atoms with Gasteiger partial charge in [-0.25, -0.2) is 0 Å². The molecule has 1 aliphatic heterocycles. The maximum Gasteiger partial charge on any atom is 0.305 e. The molecule has 1 heterocycles. The highest BCUT2D eigenvalue weighted by atomic mass is 32.2. The lowest BCUT2D eigenvalue weighted by atomic mass is 10.2. The van der Waals surface area contributed by atoms with Crippen molar-refractivity contribution < 1.29 is 19.4 Å². The van der Waals surface area contributed by atoms with Crippen LogP contribution >= 0.6 is 11.8 Å². The molecular formula is C18H15N3O4S. The summed E-state index contributed by atoms with van der Waals surface area (Å²) in [5.41, 5.74) is 0.777. The average molecular weight is 369 g/mol. The second-order valence-electron chi connectivity index (χ2n) is 5.33. The first kappa shape index (κ1) is 17.7. The fourth-order valence-electron chi connectivity index (χ4n) is 2.18. The monoisotopic (exact) mass is 369 g/mol. The number of nitrogens with one attached hydrogen (secondary N) is 1. The summed E-state index contributed by atoms with van der Waals surface area (Å²) in [6, 6.07) is 16.7. The van der Waals surface area contributed by atoms with Crippen molar-refractivity contribution in [2.75, 3.05) is 0 Å². The first-order chi connectivity index (χ1) is 12.6. The zero-order chi connectivity index (χ0) is 18.4. The van der Waals surface area contributed by atoms with Gasteiger partial charge in [0.05, 0.1) is 12.6 Å². The van der Waals surface area contributed by atoms with Crippen molar-refractivity contribution in [2.24, 2.45) is 10.2 Å². The molecule has 7 nitrogen and oxygen atoms in total. The van der Waals surface area contributed by atoms with Crippen molar-refractivity contribution in [3.8, 4) is 11.5 Å². The van der Waals surface area contributed by atoms with E-state index >= 15 is 0 Å². The van der Waals surface area contributed by atoms with E-state index in [0.29, 0.717) is 5.75 Å². The summed E-state index contributed by atoms with van der Waals surface area (Å²) >= 11 is 1.06. The fraction of sp³-hybridized carbons (Fsp3) is 0.111. The van der Waals surface area contributed by atoms with Crippen molar-refractivity contribution >= 4 is 35.0 Å². The average Bonchev–Trinajstić information content (AvgIpc) is 2.95. The van der Waals surface area contributed by atoms with E-state index in [-0.39, 0.29) is 17.5 Å². The van der Waals surface area contributed by atoms with Crippen molar-refractivity contribution in [2.45, 2.75) is 11.7 Å². The standard InChI is InChI=1S/C18H15N3O4S/c22-16(23)10-15-17(24)20-18(26-15)21-19-11-12-5-4-8-14(9-12)25-13-6-2-1-3-7-13/h1-9,11,15H,10H2,(H,22,23)(H,20,21,24)/b19-11-/t15-/m0/s1. The molecule has 0 radical (unpaired) electrons. The summed E-state index contributed by atoms with van der Waals surface area (Å²) in [7, 11) is 0. The second-order valence-corrected chi connectivity index (χ2v) is 6.52. The first-order valence-corrected chi connectivity index (χ1v) is 8.61. The molecule has 0 bridgehead atoms. The van der Waals surface area contributed by atoms with Crippen molar-refractivity contribution in [1.29, 1.82) is 0 Å². The molecular weight excluding hydrogens is 354 g/mol. The number of benzene rings is 2. The van der Waals surface area contributed by atoms with Gasteiger partial charge in [-0.15, -0.1) is 5.10 Å². The molecule has 0 spiro atoms. The van der Waals surface area contributed by atoms with E-state index in [0.717, 1.165) is 23.1 Å².